The molecule has 0 aliphatic heterocycles. The standard InChI is InChI=1S/C10H7ClN2O3/c1-5-3-2-4-6-7(5)12-8(10(15)16-11)13-9(6)14/h2-4H,1H3,(H,12,13,14). The molecule has 2 aromatic rings. The minimum atomic E-state index is -0.885. The summed E-state index contributed by atoms with van der Waals surface area (Å²) in [5.74, 6) is -1.09. The molecule has 0 fully saturated rings. The number of aromatic amines is 1. The number of nitrogens with zero attached hydrogens (tertiary/aromatic N) is 1. The number of rotatable bonds is 1. The summed E-state index contributed by atoms with van der Waals surface area (Å²) in [6, 6.07) is 5.17. The lowest BCUT2D eigenvalue weighted by atomic mass is 10.1. The largest absolute Gasteiger partial charge is 0.392 e. The van der Waals surface area contributed by atoms with Crippen molar-refractivity contribution in [3.63, 3.8) is 0 Å². The summed E-state index contributed by atoms with van der Waals surface area (Å²) in [7, 11) is 0. The number of halogens is 1. The summed E-state index contributed by atoms with van der Waals surface area (Å²) in [4.78, 5) is 29.1. The van der Waals surface area contributed by atoms with Crippen LogP contribution >= 0.6 is 11.9 Å². The minimum absolute atomic E-state index is 0.207. The highest BCUT2D eigenvalue weighted by molar-refractivity contribution is 6.15. The summed E-state index contributed by atoms with van der Waals surface area (Å²) < 4.78 is 3.98. The van der Waals surface area contributed by atoms with Crippen LogP contribution in [0.1, 0.15) is 16.2 Å². The van der Waals surface area contributed by atoms with Crippen LogP contribution in [0.15, 0.2) is 23.0 Å². The molecule has 5 nitrogen and oxygen atoms in total. The minimum Gasteiger partial charge on any atom is -0.341 e. The van der Waals surface area contributed by atoms with Crippen molar-refractivity contribution in [2.75, 3.05) is 0 Å². The Kier molecular flexibility index (Phi) is 2.62. The van der Waals surface area contributed by atoms with Gasteiger partial charge in [-0.2, -0.15) is 0 Å². The second-order valence-corrected chi connectivity index (χ2v) is 3.40. The topological polar surface area (TPSA) is 72.0 Å². The van der Waals surface area contributed by atoms with Crippen LogP contribution in [0, 0.1) is 6.92 Å². The molecule has 1 N–H and O–H groups in total. The highest BCUT2D eigenvalue weighted by Crippen LogP contribution is 2.12. The molecule has 0 radical (unpaired) electrons. The molecule has 16 heavy (non-hydrogen) atoms. The zero-order valence-corrected chi connectivity index (χ0v) is 9.04. The highest BCUT2D eigenvalue weighted by Gasteiger charge is 2.13. The maximum Gasteiger partial charge on any atom is 0.392 e. The van der Waals surface area contributed by atoms with Crippen LogP contribution in [-0.2, 0) is 4.29 Å². The van der Waals surface area contributed by atoms with E-state index in [2.05, 4.69) is 14.3 Å². The van der Waals surface area contributed by atoms with Crippen molar-refractivity contribution in [2.24, 2.45) is 0 Å². The first-order chi connectivity index (χ1) is 7.63. The lowest BCUT2D eigenvalue weighted by molar-refractivity contribution is 0.0738. The van der Waals surface area contributed by atoms with E-state index < -0.39 is 11.5 Å². The number of fused-ring (bicyclic) bond motifs is 1. The van der Waals surface area contributed by atoms with E-state index in [4.69, 9.17) is 11.9 Å². The van der Waals surface area contributed by atoms with Gasteiger partial charge in [0.05, 0.1) is 10.9 Å². The molecule has 0 bridgehead atoms. The van der Waals surface area contributed by atoms with E-state index in [1.54, 1.807) is 25.1 Å². The summed E-state index contributed by atoms with van der Waals surface area (Å²) in [6.07, 6.45) is 0. The Balaban J connectivity index is 2.80. The molecular formula is C10H7ClN2O3. The third-order valence-electron chi connectivity index (χ3n) is 2.20. The SMILES string of the molecule is Cc1cccc2c(=O)[nH]c(C(=O)OCl)nc12. The quantitative estimate of drug-likeness (QED) is 0.818. The van der Waals surface area contributed by atoms with Gasteiger partial charge >= 0.3 is 5.97 Å². The van der Waals surface area contributed by atoms with E-state index in [-0.39, 0.29) is 5.82 Å². The number of carbonyl (C=O) groups is 1. The number of hydrogen-bond donors (Lipinski definition) is 1. The van der Waals surface area contributed by atoms with Gasteiger partial charge in [-0.15, -0.1) is 0 Å². The Hall–Kier alpha value is -1.88. The molecule has 0 aliphatic carbocycles. The second-order valence-electron chi connectivity index (χ2n) is 3.25. The van der Waals surface area contributed by atoms with Crippen LogP contribution < -0.4 is 5.56 Å². The van der Waals surface area contributed by atoms with E-state index in [0.717, 1.165) is 5.56 Å². The number of carbonyl (C=O) groups excluding carboxylic acids is 1. The molecule has 0 spiro atoms. The van der Waals surface area contributed by atoms with Gasteiger partial charge in [-0.05, 0) is 18.6 Å². The second kappa shape index (κ2) is 3.94. The van der Waals surface area contributed by atoms with Gasteiger partial charge in [-0.1, -0.05) is 12.1 Å². The number of para-hydroxylation sites is 1. The lowest BCUT2D eigenvalue weighted by Gasteiger charge is -2.01. The molecule has 0 aliphatic rings. The van der Waals surface area contributed by atoms with Crippen molar-refractivity contribution in [2.45, 2.75) is 6.92 Å². The number of H-pyrrole nitrogens is 1. The summed E-state index contributed by atoms with van der Waals surface area (Å²) in [6.45, 7) is 1.80. The first kappa shape index (κ1) is 10.6. The van der Waals surface area contributed by atoms with Crippen LogP contribution in [0.3, 0.4) is 0 Å². The Morgan fingerprint density at radius 2 is 2.25 bits per heavy atom. The molecule has 2 rings (SSSR count). The molecule has 1 aromatic carbocycles. The predicted molar refractivity (Wildman–Crippen MR) is 58.4 cm³/mol. The van der Waals surface area contributed by atoms with Gasteiger partial charge in [0, 0.05) is 0 Å². The Morgan fingerprint density at radius 1 is 1.50 bits per heavy atom. The number of benzene rings is 1. The van der Waals surface area contributed by atoms with E-state index in [1.165, 1.54) is 0 Å². The molecule has 82 valence electrons. The van der Waals surface area contributed by atoms with E-state index >= 15 is 0 Å². The van der Waals surface area contributed by atoms with Gasteiger partial charge in [0.25, 0.3) is 5.56 Å². The molecule has 0 atom stereocenters. The van der Waals surface area contributed by atoms with Crippen molar-refractivity contribution in [3.8, 4) is 0 Å². The molecule has 0 saturated carbocycles. The zero-order valence-electron chi connectivity index (χ0n) is 8.28. The van der Waals surface area contributed by atoms with Crippen molar-refractivity contribution in [1.82, 2.24) is 9.97 Å². The average molecular weight is 239 g/mol. The number of nitrogens with one attached hydrogen (secondary N) is 1. The van der Waals surface area contributed by atoms with Gasteiger partial charge in [0.1, 0.15) is 11.9 Å². The molecule has 6 heteroatoms. The van der Waals surface area contributed by atoms with Gasteiger partial charge in [-0.25, -0.2) is 9.78 Å². The van der Waals surface area contributed by atoms with Crippen LogP contribution in [0.5, 0.6) is 0 Å². The summed E-state index contributed by atoms with van der Waals surface area (Å²) >= 11 is 4.92. The molecule has 0 unspecified atom stereocenters. The van der Waals surface area contributed by atoms with Gasteiger partial charge in [0.15, 0.2) is 0 Å². The number of hydrogen-bond acceptors (Lipinski definition) is 4. The predicted octanol–water partition coefficient (Wildman–Crippen LogP) is 1.54. The maximum absolute atomic E-state index is 11.6. The highest BCUT2D eigenvalue weighted by atomic mass is 35.5. The Bertz CT molecular complexity index is 621. The van der Waals surface area contributed by atoms with Crippen molar-refractivity contribution < 1.29 is 9.08 Å². The molecule has 1 aromatic heterocycles. The fraction of sp³-hybridized carbons (Fsp3) is 0.100. The molecule has 1 heterocycles. The third kappa shape index (κ3) is 1.65. The lowest BCUT2D eigenvalue weighted by Crippen LogP contribution is -2.16. The normalized spacial score (nSPS) is 10.4. The number of aromatic nitrogens is 2. The van der Waals surface area contributed by atoms with E-state index in [1.807, 2.05) is 0 Å². The molecule has 0 saturated heterocycles. The van der Waals surface area contributed by atoms with Gasteiger partial charge < -0.3 is 9.27 Å². The summed E-state index contributed by atoms with van der Waals surface area (Å²) in [5, 5.41) is 0.422. The van der Waals surface area contributed by atoms with Gasteiger partial charge in [-0.3, -0.25) is 4.79 Å². The summed E-state index contributed by atoms with van der Waals surface area (Å²) in [5.41, 5.74) is 0.862. The van der Waals surface area contributed by atoms with Crippen LogP contribution in [0.4, 0.5) is 0 Å². The van der Waals surface area contributed by atoms with E-state index in [0.29, 0.717) is 10.9 Å². The van der Waals surface area contributed by atoms with Crippen molar-refractivity contribution in [3.05, 3.63) is 39.9 Å². The first-order valence-electron chi connectivity index (χ1n) is 4.46. The Labute approximate surface area is 95.2 Å². The van der Waals surface area contributed by atoms with E-state index in [9.17, 15) is 9.59 Å². The smallest absolute Gasteiger partial charge is 0.341 e. The fourth-order valence-corrected chi connectivity index (χ4v) is 1.51. The maximum atomic E-state index is 11.6. The molecular weight excluding hydrogens is 232 g/mol. The van der Waals surface area contributed by atoms with Crippen LogP contribution in [-0.4, -0.2) is 15.9 Å². The van der Waals surface area contributed by atoms with Crippen LogP contribution in [0.2, 0.25) is 0 Å². The van der Waals surface area contributed by atoms with Crippen molar-refractivity contribution >= 4 is 28.7 Å². The third-order valence-corrected chi connectivity index (χ3v) is 2.34. The van der Waals surface area contributed by atoms with Crippen molar-refractivity contribution in [1.29, 1.82) is 0 Å². The van der Waals surface area contributed by atoms with Crippen LogP contribution in [0.25, 0.3) is 10.9 Å². The number of aryl methyl sites for hydroxylation is 1. The fourth-order valence-electron chi connectivity index (χ4n) is 1.44. The molecule has 0 amide bonds. The zero-order chi connectivity index (χ0) is 11.7. The van der Waals surface area contributed by atoms with Gasteiger partial charge in [0.2, 0.25) is 5.82 Å². The Morgan fingerprint density at radius 3 is 2.94 bits per heavy atom. The monoisotopic (exact) mass is 238 g/mol. The first-order valence-corrected chi connectivity index (χ1v) is 4.77. The average Bonchev–Trinajstić information content (AvgIpc) is 2.29.